The van der Waals surface area contributed by atoms with Gasteiger partial charge < -0.3 is 4.90 Å². The van der Waals surface area contributed by atoms with Crippen LogP contribution in [0.2, 0.25) is 0 Å². The van der Waals surface area contributed by atoms with Crippen LogP contribution in [-0.4, -0.2) is 18.0 Å². The summed E-state index contributed by atoms with van der Waals surface area (Å²) < 4.78 is 29.7. The van der Waals surface area contributed by atoms with Gasteiger partial charge in [-0.1, -0.05) is 30.8 Å². The molecule has 26 heavy (non-hydrogen) atoms. The monoisotopic (exact) mass is 372 g/mol. The zero-order valence-corrected chi connectivity index (χ0v) is 15.8. The van der Waals surface area contributed by atoms with Crippen LogP contribution >= 0.6 is 11.9 Å². The van der Waals surface area contributed by atoms with Crippen LogP contribution < -0.4 is 9.21 Å². The third-order valence-corrected chi connectivity index (χ3v) is 6.46. The zero-order valence-electron chi connectivity index (χ0n) is 15.0. The number of halogens is 2. The number of fused-ring (bicyclic) bond motifs is 1. The highest BCUT2D eigenvalue weighted by Crippen LogP contribution is 2.53. The molecule has 0 aromatic heterocycles. The van der Waals surface area contributed by atoms with Crippen molar-refractivity contribution in [2.45, 2.75) is 36.7 Å². The number of alkyl halides is 1. The first-order valence-electron chi connectivity index (χ1n) is 8.78. The number of benzene rings is 2. The number of anilines is 2. The van der Waals surface area contributed by atoms with Crippen LogP contribution in [0.5, 0.6) is 0 Å². The molecule has 0 saturated heterocycles. The molecule has 2 aromatic rings. The first-order chi connectivity index (χ1) is 12.4. The maximum absolute atomic E-state index is 13.9. The quantitative estimate of drug-likeness (QED) is 0.619. The second-order valence-electron chi connectivity index (χ2n) is 7.39. The number of rotatable bonds is 4. The van der Waals surface area contributed by atoms with Gasteiger partial charge in [-0.15, -0.1) is 0 Å². The molecular formula is C21H22F2N2S. The van der Waals surface area contributed by atoms with Gasteiger partial charge in [-0.3, -0.25) is 4.31 Å². The largest absolute Gasteiger partial charge is 0.362 e. The summed E-state index contributed by atoms with van der Waals surface area (Å²) in [6.45, 7) is 5.99. The Morgan fingerprint density at radius 3 is 2.62 bits per heavy atom. The molecule has 1 aliphatic carbocycles. The molecule has 1 fully saturated rings. The second-order valence-corrected chi connectivity index (χ2v) is 8.63. The van der Waals surface area contributed by atoms with E-state index >= 15 is 0 Å². The lowest BCUT2D eigenvalue weighted by Gasteiger charge is -2.40. The van der Waals surface area contributed by atoms with E-state index in [2.05, 4.69) is 23.0 Å². The molecule has 0 spiro atoms. The fourth-order valence-corrected chi connectivity index (χ4v) is 5.52. The number of hydrogen-bond donors (Lipinski definition) is 0. The van der Waals surface area contributed by atoms with Crippen molar-refractivity contribution in [3.8, 4) is 0 Å². The average Bonchev–Trinajstić information content (AvgIpc) is 2.85. The van der Waals surface area contributed by atoms with Crippen molar-refractivity contribution in [2.75, 3.05) is 16.3 Å². The van der Waals surface area contributed by atoms with Crippen molar-refractivity contribution in [1.82, 2.24) is 0 Å². The molecule has 0 radical (unpaired) electrons. The third-order valence-electron chi connectivity index (χ3n) is 5.19. The highest BCUT2D eigenvalue weighted by molar-refractivity contribution is 8.01. The van der Waals surface area contributed by atoms with Gasteiger partial charge >= 0.3 is 0 Å². The van der Waals surface area contributed by atoms with Gasteiger partial charge in [-0.2, -0.15) is 0 Å². The van der Waals surface area contributed by atoms with Crippen molar-refractivity contribution in [1.29, 1.82) is 0 Å². The summed E-state index contributed by atoms with van der Waals surface area (Å²) in [6.07, 6.45) is 1.13. The molecule has 1 saturated carbocycles. The van der Waals surface area contributed by atoms with Gasteiger partial charge in [-0.05, 0) is 56.0 Å². The highest BCUT2D eigenvalue weighted by atomic mass is 32.2. The number of likely N-dealkylation sites (N-methyl/N-ethyl adjacent to an activating group) is 1. The Labute approximate surface area is 157 Å². The Bertz CT molecular complexity index is 843. The summed E-state index contributed by atoms with van der Waals surface area (Å²) in [4.78, 5) is 2.05. The zero-order chi connectivity index (χ0) is 18.5. The van der Waals surface area contributed by atoms with Gasteiger partial charge in [0.1, 0.15) is 11.5 Å². The van der Waals surface area contributed by atoms with Crippen LogP contribution in [-0.2, 0) is 0 Å². The van der Waals surface area contributed by atoms with E-state index in [1.54, 1.807) is 24.9 Å². The molecule has 2 nitrogen and oxygen atoms in total. The normalized spacial score (nSPS) is 27.2. The third kappa shape index (κ3) is 2.98. The Hall–Kier alpha value is -2.01. The predicted molar refractivity (Wildman–Crippen MR) is 106 cm³/mol. The van der Waals surface area contributed by atoms with Crippen LogP contribution in [0, 0.1) is 5.82 Å². The minimum absolute atomic E-state index is 0.0719. The van der Waals surface area contributed by atoms with Gasteiger partial charge in [0.25, 0.3) is 0 Å². The minimum atomic E-state index is -1.05. The lowest BCUT2D eigenvalue weighted by Crippen LogP contribution is -2.40. The Kier molecular flexibility index (Phi) is 4.22. The fourth-order valence-electron chi connectivity index (χ4n) is 3.86. The van der Waals surface area contributed by atoms with Crippen LogP contribution in [0.15, 0.2) is 60.8 Å². The first kappa shape index (κ1) is 17.4. The molecule has 1 heterocycles. The van der Waals surface area contributed by atoms with E-state index < -0.39 is 5.67 Å². The standard InChI is InChI=1S/C21H22F2N2S/c1-14-20(24(3)16-8-6-7-15(22)11-16)18-9-4-5-10-19(18)25(14)26-17-12-21(2,23)13-17/h4-11,17,20H,1,12-13H2,2-3H3. The molecule has 5 heteroatoms. The van der Waals surface area contributed by atoms with Gasteiger partial charge in [0, 0.05) is 29.2 Å². The van der Waals surface area contributed by atoms with Crippen LogP contribution in [0.25, 0.3) is 0 Å². The summed E-state index contributed by atoms with van der Waals surface area (Å²) in [5, 5.41) is 0.257. The van der Waals surface area contributed by atoms with Crippen LogP contribution in [0.1, 0.15) is 31.4 Å². The molecule has 2 aromatic carbocycles. The maximum atomic E-state index is 13.9. The summed E-state index contributed by atoms with van der Waals surface area (Å²) in [5.41, 5.74) is 2.91. The fraction of sp³-hybridized carbons (Fsp3) is 0.333. The second kappa shape index (κ2) is 6.31. The molecule has 0 N–H and O–H groups in total. The Morgan fingerprint density at radius 2 is 1.92 bits per heavy atom. The summed E-state index contributed by atoms with van der Waals surface area (Å²) >= 11 is 1.66. The molecular weight excluding hydrogens is 350 g/mol. The topological polar surface area (TPSA) is 6.48 Å². The van der Waals surface area contributed by atoms with E-state index in [1.807, 2.05) is 30.1 Å². The number of hydrogen-bond acceptors (Lipinski definition) is 3. The lowest BCUT2D eigenvalue weighted by molar-refractivity contribution is 0.0928. The Balaban J connectivity index is 1.63. The van der Waals surface area contributed by atoms with Gasteiger partial charge in [-0.25, -0.2) is 8.78 Å². The SMILES string of the molecule is C=C1C(N(C)c2cccc(F)c2)c2ccccc2N1SC1CC(C)(F)C1. The summed E-state index contributed by atoms with van der Waals surface area (Å²) in [5.74, 6) is -0.255. The lowest BCUT2D eigenvalue weighted by atomic mass is 9.83. The van der Waals surface area contributed by atoms with Crippen LogP contribution in [0.3, 0.4) is 0 Å². The van der Waals surface area contributed by atoms with Gasteiger partial charge in [0.05, 0.1) is 11.7 Å². The van der Waals surface area contributed by atoms with E-state index in [9.17, 15) is 8.78 Å². The molecule has 2 aliphatic rings. The molecule has 0 amide bonds. The van der Waals surface area contributed by atoms with Crippen molar-refractivity contribution in [2.24, 2.45) is 0 Å². The van der Waals surface area contributed by atoms with Crippen molar-refractivity contribution in [3.05, 3.63) is 72.2 Å². The first-order valence-corrected chi connectivity index (χ1v) is 9.61. The molecule has 1 aliphatic heterocycles. The predicted octanol–water partition coefficient (Wildman–Crippen LogP) is 5.88. The van der Waals surface area contributed by atoms with Gasteiger partial charge in [0.2, 0.25) is 0 Å². The van der Waals surface area contributed by atoms with Crippen LogP contribution in [0.4, 0.5) is 20.2 Å². The summed E-state index contributed by atoms with van der Waals surface area (Å²) in [6, 6.07) is 14.7. The number of para-hydroxylation sites is 1. The van der Waals surface area contributed by atoms with E-state index in [0.29, 0.717) is 12.8 Å². The molecule has 4 rings (SSSR count). The van der Waals surface area contributed by atoms with Crippen molar-refractivity contribution < 1.29 is 8.78 Å². The maximum Gasteiger partial charge on any atom is 0.125 e. The number of nitrogens with zero attached hydrogens (tertiary/aromatic N) is 2. The average molecular weight is 372 g/mol. The molecule has 1 atom stereocenters. The Morgan fingerprint density at radius 1 is 1.19 bits per heavy atom. The van der Waals surface area contributed by atoms with E-state index in [0.717, 1.165) is 22.6 Å². The van der Waals surface area contributed by atoms with E-state index in [1.165, 1.54) is 12.1 Å². The smallest absolute Gasteiger partial charge is 0.125 e. The molecule has 0 bridgehead atoms. The van der Waals surface area contributed by atoms with E-state index in [4.69, 9.17) is 0 Å². The molecule has 1 unspecified atom stereocenters. The van der Waals surface area contributed by atoms with E-state index in [-0.39, 0.29) is 17.1 Å². The highest BCUT2D eigenvalue weighted by Gasteiger charge is 2.44. The molecule has 136 valence electrons. The van der Waals surface area contributed by atoms with Crippen molar-refractivity contribution >= 4 is 23.3 Å². The summed E-state index contributed by atoms with van der Waals surface area (Å²) in [7, 11) is 1.96. The minimum Gasteiger partial charge on any atom is -0.362 e. The van der Waals surface area contributed by atoms with Gasteiger partial charge in [0.15, 0.2) is 0 Å². The van der Waals surface area contributed by atoms with Crippen molar-refractivity contribution in [3.63, 3.8) is 0 Å².